The Morgan fingerprint density at radius 1 is 1.28 bits per heavy atom. The molecule has 2 amide bonds. The molecule has 1 unspecified atom stereocenters. The number of halogens is 1. The third kappa shape index (κ3) is 4.44. The standard InChI is InChI=1S/C19H19BrN2O2S/c1-25-17-7-5-16(6-8-17)22-12-14(10-18(22)23)19(24)21-11-13-3-2-4-15(20)9-13/h2-9,14H,10-12H2,1H3,(H,21,24). The molecule has 1 fully saturated rings. The maximum atomic E-state index is 12.4. The lowest BCUT2D eigenvalue weighted by Gasteiger charge is -2.17. The van der Waals surface area contributed by atoms with E-state index in [2.05, 4.69) is 21.2 Å². The van der Waals surface area contributed by atoms with Crippen molar-refractivity contribution in [3.63, 3.8) is 0 Å². The fourth-order valence-corrected chi connectivity index (χ4v) is 3.73. The summed E-state index contributed by atoms with van der Waals surface area (Å²) in [5, 5.41) is 2.94. The Morgan fingerprint density at radius 2 is 2.04 bits per heavy atom. The highest BCUT2D eigenvalue weighted by Gasteiger charge is 2.34. The molecule has 130 valence electrons. The van der Waals surface area contributed by atoms with Gasteiger partial charge in [0.1, 0.15) is 0 Å². The zero-order valence-corrected chi connectivity index (χ0v) is 16.3. The lowest BCUT2D eigenvalue weighted by Crippen LogP contribution is -2.32. The van der Waals surface area contributed by atoms with E-state index in [0.29, 0.717) is 13.1 Å². The summed E-state index contributed by atoms with van der Waals surface area (Å²) in [6.07, 6.45) is 2.27. The van der Waals surface area contributed by atoms with Crippen molar-refractivity contribution in [3.05, 3.63) is 58.6 Å². The molecule has 1 heterocycles. The van der Waals surface area contributed by atoms with Crippen LogP contribution in [0.25, 0.3) is 0 Å². The Kier molecular flexibility index (Phi) is 5.81. The summed E-state index contributed by atoms with van der Waals surface area (Å²) in [5.41, 5.74) is 1.88. The van der Waals surface area contributed by atoms with Crippen molar-refractivity contribution < 1.29 is 9.59 Å². The van der Waals surface area contributed by atoms with Crippen LogP contribution in [0.5, 0.6) is 0 Å². The number of hydrogen-bond acceptors (Lipinski definition) is 3. The molecule has 1 atom stereocenters. The van der Waals surface area contributed by atoms with Gasteiger partial charge in [-0.25, -0.2) is 0 Å². The highest BCUT2D eigenvalue weighted by atomic mass is 79.9. The SMILES string of the molecule is CSc1ccc(N2CC(C(=O)NCc3cccc(Br)c3)CC2=O)cc1. The van der Waals surface area contributed by atoms with Gasteiger partial charge in [0.15, 0.2) is 0 Å². The molecule has 1 saturated heterocycles. The molecule has 6 heteroatoms. The van der Waals surface area contributed by atoms with Crippen molar-refractivity contribution in [3.8, 4) is 0 Å². The summed E-state index contributed by atoms with van der Waals surface area (Å²) >= 11 is 5.08. The van der Waals surface area contributed by atoms with Crippen LogP contribution in [0.3, 0.4) is 0 Å². The molecule has 0 bridgehead atoms. The largest absolute Gasteiger partial charge is 0.352 e. The van der Waals surface area contributed by atoms with E-state index in [0.717, 1.165) is 20.6 Å². The van der Waals surface area contributed by atoms with Gasteiger partial charge in [-0.05, 0) is 48.2 Å². The first-order chi connectivity index (χ1) is 12.1. The average Bonchev–Trinajstić information content (AvgIpc) is 3.02. The molecule has 2 aromatic rings. The van der Waals surface area contributed by atoms with Crippen LogP contribution < -0.4 is 10.2 Å². The van der Waals surface area contributed by atoms with Crippen LogP contribution in [0, 0.1) is 5.92 Å². The van der Waals surface area contributed by atoms with E-state index < -0.39 is 0 Å². The zero-order valence-electron chi connectivity index (χ0n) is 13.9. The van der Waals surface area contributed by atoms with Gasteiger partial charge in [-0.2, -0.15) is 0 Å². The number of carbonyl (C=O) groups is 2. The molecule has 1 aliphatic heterocycles. The summed E-state index contributed by atoms with van der Waals surface area (Å²) in [6, 6.07) is 15.7. The van der Waals surface area contributed by atoms with Crippen molar-refractivity contribution in [1.82, 2.24) is 5.32 Å². The topological polar surface area (TPSA) is 49.4 Å². The minimum Gasteiger partial charge on any atom is -0.352 e. The Labute approximate surface area is 160 Å². The third-order valence-corrected chi connectivity index (χ3v) is 5.47. The monoisotopic (exact) mass is 418 g/mol. The Balaban J connectivity index is 1.60. The lowest BCUT2D eigenvalue weighted by molar-refractivity contribution is -0.126. The number of thioether (sulfide) groups is 1. The predicted molar refractivity (Wildman–Crippen MR) is 105 cm³/mol. The summed E-state index contributed by atoms with van der Waals surface area (Å²) < 4.78 is 0.982. The van der Waals surface area contributed by atoms with E-state index in [9.17, 15) is 9.59 Å². The fourth-order valence-electron chi connectivity index (χ4n) is 2.88. The van der Waals surface area contributed by atoms with Gasteiger partial charge in [-0.1, -0.05) is 28.1 Å². The molecular weight excluding hydrogens is 400 g/mol. The molecule has 0 aromatic heterocycles. The number of amides is 2. The van der Waals surface area contributed by atoms with Crippen molar-refractivity contribution in [1.29, 1.82) is 0 Å². The van der Waals surface area contributed by atoms with Crippen molar-refractivity contribution in [2.75, 3.05) is 17.7 Å². The van der Waals surface area contributed by atoms with Crippen LogP contribution in [0.4, 0.5) is 5.69 Å². The first-order valence-corrected chi connectivity index (χ1v) is 10.0. The van der Waals surface area contributed by atoms with Crippen molar-refractivity contribution in [2.24, 2.45) is 5.92 Å². The van der Waals surface area contributed by atoms with Gasteiger partial charge in [-0.3, -0.25) is 9.59 Å². The third-order valence-electron chi connectivity index (χ3n) is 4.24. The molecular formula is C19H19BrN2O2S. The second kappa shape index (κ2) is 8.06. The van der Waals surface area contributed by atoms with Gasteiger partial charge in [0.25, 0.3) is 0 Å². The van der Waals surface area contributed by atoms with E-state index in [1.807, 2.05) is 54.8 Å². The van der Waals surface area contributed by atoms with Gasteiger partial charge < -0.3 is 10.2 Å². The van der Waals surface area contributed by atoms with E-state index >= 15 is 0 Å². The minimum absolute atomic E-state index is 0.000456. The minimum atomic E-state index is -0.306. The molecule has 1 aliphatic rings. The first kappa shape index (κ1) is 18.0. The molecule has 1 N–H and O–H groups in total. The molecule has 0 saturated carbocycles. The molecule has 4 nitrogen and oxygen atoms in total. The van der Waals surface area contributed by atoms with E-state index in [4.69, 9.17) is 0 Å². The Bertz CT molecular complexity index is 779. The number of benzene rings is 2. The van der Waals surface area contributed by atoms with Crippen LogP contribution >= 0.6 is 27.7 Å². The molecule has 25 heavy (non-hydrogen) atoms. The second-order valence-corrected chi connectivity index (χ2v) is 7.75. The summed E-state index contributed by atoms with van der Waals surface area (Å²) in [7, 11) is 0. The lowest BCUT2D eigenvalue weighted by atomic mass is 10.1. The fraction of sp³-hybridized carbons (Fsp3) is 0.263. The summed E-state index contributed by atoms with van der Waals surface area (Å²) in [5.74, 6) is -0.379. The number of nitrogens with zero attached hydrogens (tertiary/aromatic N) is 1. The normalized spacial score (nSPS) is 17.0. The number of carbonyl (C=O) groups excluding carboxylic acids is 2. The van der Waals surface area contributed by atoms with Crippen LogP contribution in [0.1, 0.15) is 12.0 Å². The van der Waals surface area contributed by atoms with E-state index in [1.54, 1.807) is 16.7 Å². The molecule has 0 radical (unpaired) electrons. The van der Waals surface area contributed by atoms with Gasteiger partial charge in [0.2, 0.25) is 11.8 Å². The quantitative estimate of drug-likeness (QED) is 0.750. The summed E-state index contributed by atoms with van der Waals surface area (Å²) in [6.45, 7) is 0.896. The average molecular weight is 419 g/mol. The number of rotatable bonds is 5. The zero-order chi connectivity index (χ0) is 17.8. The van der Waals surface area contributed by atoms with Gasteiger partial charge in [-0.15, -0.1) is 11.8 Å². The number of nitrogens with one attached hydrogen (secondary N) is 1. The molecule has 3 rings (SSSR count). The highest BCUT2D eigenvalue weighted by molar-refractivity contribution is 9.10. The van der Waals surface area contributed by atoms with E-state index in [1.165, 1.54) is 0 Å². The number of anilines is 1. The Morgan fingerprint density at radius 3 is 2.72 bits per heavy atom. The first-order valence-electron chi connectivity index (χ1n) is 8.03. The van der Waals surface area contributed by atoms with E-state index in [-0.39, 0.29) is 24.2 Å². The van der Waals surface area contributed by atoms with Gasteiger partial charge in [0, 0.05) is 34.6 Å². The smallest absolute Gasteiger partial charge is 0.227 e. The summed E-state index contributed by atoms with van der Waals surface area (Å²) in [4.78, 5) is 27.6. The van der Waals surface area contributed by atoms with Gasteiger partial charge in [0.05, 0.1) is 5.92 Å². The predicted octanol–water partition coefficient (Wildman–Crippen LogP) is 3.84. The highest BCUT2D eigenvalue weighted by Crippen LogP contribution is 2.27. The molecule has 0 aliphatic carbocycles. The maximum Gasteiger partial charge on any atom is 0.227 e. The van der Waals surface area contributed by atoms with Crippen molar-refractivity contribution in [2.45, 2.75) is 17.9 Å². The number of hydrogen-bond donors (Lipinski definition) is 1. The van der Waals surface area contributed by atoms with Crippen LogP contribution in [-0.4, -0.2) is 24.6 Å². The van der Waals surface area contributed by atoms with Crippen LogP contribution in [0.2, 0.25) is 0 Å². The molecule has 0 spiro atoms. The van der Waals surface area contributed by atoms with Crippen LogP contribution in [-0.2, 0) is 16.1 Å². The van der Waals surface area contributed by atoms with Crippen LogP contribution in [0.15, 0.2) is 57.9 Å². The van der Waals surface area contributed by atoms with Gasteiger partial charge >= 0.3 is 0 Å². The maximum absolute atomic E-state index is 12.4. The van der Waals surface area contributed by atoms with Crippen molar-refractivity contribution >= 4 is 45.2 Å². The second-order valence-electron chi connectivity index (χ2n) is 5.95. The molecule has 2 aromatic carbocycles. The Hall–Kier alpha value is -1.79.